The molecule has 0 saturated carbocycles. The van der Waals surface area contributed by atoms with E-state index in [-0.39, 0.29) is 12.4 Å². The summed E-state index contributed by atoms with van der Waals surface area (Å²) in [5.74, 6) is -0.444. The summed E-state index contributed by atoms with van der Waals surface area (Å²) in [5, 5.41) is 9.06. The molecular formula is C10H14O4. The molecule has 0 aromatic heterocycles. The van der Waals surface area contributed by atoms with Crippen LogP contribution >= 0.6 is 0 Å². The van der Waals surface area contributed by atoms with Gasteiger partial charge in [-0.25, -0.2) is 0 Å². The van der Waals surface area contributed by atoms with Crippen molar-refractivity contribution in [3.63, 3.8) is 0 Å². The van der Waals surface area contributed by atoms with E-state index in [4.69, 9.17) is 5.11 Å². The van der Waals surface area contributed by atoms with Gasteiger partial charge in [0.05, 0.1) is 19.1 Å². The summed E-state index contributed by atoms with van der Waals surface area (Å²) in [7, 11) is 1.30. The third kappa shape index (κ3) is 1.70. The van der Waals surface area contributed by atoms with Crippen molar-refractivity contribution in [2.75, 3.05) is 13.7 Å². The maximum atomic E-state index is 11.5. The molecule has 4 heteroatoms. The highest BCUT2D eigenvalue weighted by Crippen LogP contribution is 2.36. The smallest absolute Gasteiger partial charge is 0.315 e. The summed E-state index contributed by atoms with van der Waals surface area (Å²) in [6.07, 6.45) is 2.08. The van der Waals surface area contributed by atoms with Gasteiger partial charge in [-0.05, 0) is 25.0 Å². The molecule has 0 saturated heterocycles. The minimum Gasteiger partial charge on any atom is -0.468 e. The lowest BCUT2D eigenvalue weighted by Gasteiger charge is -2.31. The summed E-state index contributed by atoms with van der Waals surface area (Å²) in [5.41, 5.74) is -0.391. The van der Waals surface area contributed by atoms with Crippen molar-refractivity contribution in [1.82, 2.24) is 0 Å². The van der Waals surface area contributed by atoms with E-state index in [0.717, 1.165) is 0 Å². The molecule has 0 heterocycles. The second-order valence-electron chi connectivity index (χ2n) is 3.62. The average molecular weight is 198 g/mol. The lowest BCUT2D eigenvalue weighted by Crippen LogP contribution is -2.36. The third-order valence-electron chi connectivity index (χ3n) is 2.72. The number of ketones is 1. The van der Waals surface area contributed by atoms with E-state index in [1.165, 1.54) is 13.2 Å². The van der Waals surface area contributed by atoms with Gasteiger partial charge in [-0.15, -0.1) is 0 Å². The lowest BCUT2D eigenvalue weighted by atomic mass is 9.74. The van der Waals surface area contributed by atoms with E-state index in [2.05, 4.69) is 4.74 Å². The first-order valence-corrected chi connectivity index (χ1v) is 4.47. The highest BCUT2D eigenvalue weighted by molar-refractivity contribution is 5.95. The zero-order chi connectivity index (χ0) is 10.8. The quantitative estimate of drug-likeness (QED) is 0.654. The van der Waals surface area contributed by atoms with E-state index in [1.807, 2.05) is 0 Å². The molecule has 0 aliphatic heterocycles. The first-order valence-electron chi connectivity index (χ1n) is 4.47. The molecule has 4 nitrogen and oxygen atoms in total. The van der Waals surface area contributed by atoms with Gasteiger partial charge in [0.1, 0.15) is 0 Å². The van der Waals surface area contributed by atoms with Gasteiger partial charge in [0.2, 0.25) is 0 Å². The van der Waals surface area contributed by atoms with E-state index >= 15 is 0 Å². The van der Waals surface area contributed by atoms with Crippen molar-refractivity contribution in [2.45, 2.75) is 19.8 Å². The van der Waals surface area contributed by atoms with Crippen molar-refractivity contribution in [3.05, 3.63) is 11.6 Å². The summed E-state index contributed by atoms with van der Waals surface area (Å²) >= 11 is 0. The van der Waals surface area contributed by atoms with Gasteiger partial charge in [-0.2, -0.15) is 0 Å². The fourth-order valence-electron chi connectivity index (χ4n) is 1.64. The molecule has 1 unspecified atom stereocenters. The topological polar surface area (TPSA) is 63.6 Å². The van der Waals surface area contributed by atoms with Crippen LogP contribution in [0.3, 0.4) is 0 Å². The highest BCUT2D eigenvalue weighted by Gasteiger charge is 2.40. The minimum atomic E-state index is -0.836. The van der Waals surface area contributed by atoms with Crippen molar-refractivity contribution in [3.8, 4) is 0 Å². The Morgan fingerprint density at radius 1 is 1.71 bits per heavy atom. The number of rotatable bonds is 2. The van der Waals surface area contributed by atoms with Gasteiger partial charge in [-0.3, -0.25) is 9.59 Å². The van der Waals surface area contributed by atoms with Gasteiger partial charge < -0.3 is 9.84 Å². The number of carbonyl (C=O) groups is 2. The molecule has 0 aromatic carbocycles. The van der Waals surface area contributed by atoms with E-state index in [1.54, 1.807) is 6.92 Å². The molecular weight excluding hydrogens is 184 g/mol. The normalized spacial score (nSPS) is 27.1. The highest BCUT2D eigenvalue weighted by atomic mass is 16.5. The number of esters is 1. The zero-order valence-corrected chi connectivity index (χ0v) is 8.37. The Morgan fingerprint density at radius 2 is 2.36 bits per heavy atom. The maximum absolute atomic E-state index is 11.5. The third-order valence-corrected chi connectivity index (χ3v) is 2.72. The Morgan fingerprint density at radius 3 is 2.86 bits per heavy atom. The van der Waals surface area contributed by atoms with Crippen LogP contribution < -0.4 is 0 Å². The number of hydrogen-bond acceptors (Lipinski definition) is 4. The lowest BCUT2D eigenvalue weighted by molar-refractivity contribution is -0.150. The van der Waals surface area contributed by atoms with Crippen LogP contribution in [-0.2, 0) is 14.3 Å². The second kappa shape index (κ2) is 3.92. The van der Waals surface area contributed by atoms with Gasteiger partial charge in [0, 0.05) is 6.42 Å². The molecule has 0 fully saturated rings. The largest absolute Gasteiger partial charge is 0.468 e. The Kier molecular flexibility index (Phi) is 3.06. The van der Waals surface area contributed by atoms with Crippen LogP contribution in [0.25, 0.3) is 0 Å². The van der Waals surface area contributed by atoms with Gasteiger partial charge in [0.15, 0.2) is 5.78 Å². The summed E-state index contributed by atoms with van der Waals surface area (Å²) in [6, 6.07) is 0. The van der Waals surface area contributed by atoms with E-state index in [9.17, 15) is 9.59 Å². The summed E-state index contributed by atoms with van der Waals surface area (Å²) in [6.45, 7) is 1.41. The Balaban J connectivity index is 3.03. The van der Waals surface area contributed by atoms with Crippen LogP contribution in [-0.4, -0.2) is 30.6 Å². The number of aliphatic hydroxyl groups is 1. The number of allylic oxidation sites excluding steroid dienone is 1. The molecule has 1 aliphatic rings. The SMILES string of the molecule is COC(=O)C1(C)CCC(=O)C=C1CO. The first kappa shape index (κ1) is 10.9. The fraction of sp³-hybridized carbons (Fsp3) is 0.600. The predicted octanol–water partition coefficient (Wildman–Crippen LogP) is 0.447. The van der Waals surface area contributed by atoms with Crippen LogP contribution in [0.2, 0.25) is 0 Å². The number of ether oxygens (including phenoxy) is 1. The van der Waals surface area contributed by atoms with Crippen LogP contribution in [0.15, 0.2) is 11.6 Å². The molecule has 0 amide bonds. The van der Waals surface area contributed by atoms with Gasteiger partial charge in [-0.1, -0.05) is 0 Å². The molecule has 78 valence electrons. The molecule has 0 aromatic rings. The van der Waals surface area contributed by atoms with E-state index in [0.29, 0.717) is 18.4 Å². The predicted molar refractivity (Wildman–Crippen MR) is 49.5 cm³/mol. The zero-order valence-electron chi connectivity index (χ0n) is 8.37. The first-order chi connectivity index (χ1) is 6.54. The van der Waals surface area contributed by atoms with Gasteiger partial charge >= 0.3 is 5.97 Å². The number of methoxy groups -OCH3 is 1. The fourth-order valence-corrected chi connectivity index (χ4v) is 1.64. The Bertz CT molecular complexity index is 292. The Hall–Kier alpha value is -1.16. The average Bonchev–Trinajstić information content (AvgIpc) is 2.20. The molecule has 1 atom stereocenters. The second-order valence-corrected chi connectivity index (χ2v) is 3.62. The molecule has 0 spiro atoms. The molecule has 14 heavy (non-hydrogen) atoms. The maximum Gasteiger partial charge on any atom is 0.315 e. The van der Waals surface area contributed by atoms with Crippen molar-refractivity contribution in [2.24, 2.45) is 5.41 Å². The number of aliphatic hydroxyl groups excluding tert-OH is 1. The standard InChI is InChI=1S/C10H14O4/c1-10(9(13)14-2)4-3-8(12)5-7(10)6-11/h5,11H,3-4,6H2,1-2H3. The minimum absolute atomic E-state index is 0.0459. The van der Waals surface area contributed by atoms with Crippen molar-refractivity contribution < 1.29 is 19.4 Å². The van der Waals surface area contributed by atoms with Crippen LogP contribution in [0, 0.1) is 5.41 Å². The van der Waals surface area contributed by atoms with Crippen LogP contribution in [0.1, 0.15) is 19.8 Å². The van der Waals surface area contributed by atoms with Crippen LogP contribution in [0.4, 0.5) is 0 Å². The molecule has 0 radical (unpaired) electrons. The monoisotopic (exact) mass is 198 g/mol. The molecule has 0 bridgehead atoms. The summed E-state index contributed by atoms with van der Waals surface area (Å²) < 4.78 is 4.66. The number of carbonyl (C=O) groups excluding carboxylic acids is 2. The van der Waals surface area contributed by atoms with Crippen molar-refractivity contribution >= 4 is 11.8 Å². The molecule has 1 N–H and O–H groups in total. The van der Waals surface area contributed by atoms with Crippen LogP contribution in [0.5, 0.6) is 0 Å². The van der Waals surface area contributed by atoms with Crippen molar-refractivity contribution in [1.29, 1.82) is 0 Å². The van der Waals surface area contributed by atoms with E-state index < -0.39 is 11.4 Å². The molecule has 1 rings (SSSR count). The molecule has 1 aliphatic carbocycles. The Labute approximate surface area is 82.6 Å². The summed E-state index contributed by atoms with van der Waals surface area (Å²) in [4.78, 5) is 22.6. The van der Waals surface area contributed by atoms with Gasteiger partial charge in [0.25, 0.3) is 0 Å². The number of hydrogen-bond donors (Lipinski definition) is 1.